The van der Waals surface area contributed by atoms with E-state index in [0.717, 1.165) is 5.01 Å². The molecule has 0 saturated carbocycles. The van der Waals surface area contributed by atoms with Crippen LogP contribution < -0.4 is 10.6 Å². The lowest BCUT2D eigenvalue weighted by Crippen LogP contribution is -2.38. The van der Waals surface area contributed by atoms with Gasteiger partial charge in [-0.3, -0.25) is 10.1 Å². The van der Waals surface area contributed by atoms with Gasteiger partial charge in [0.1, 0.15) is 5.01 Å². The van der Waals surface area contributed by atoms with E-state index in [1.54, 1.807) is 11.3 Å². The molecule has 1 amide bonds. The third-order valence-corrected chi connectivity index (χ3v) is 3.12. The van der Waals surface area contributed by atoms with Crippen molar-refractivity contribution in [3.8, 4) is 0 Å². The first-order valence-corrected chi connectivity index (χ1v) is 6.25. The van der Waals surface area contributed by atoms with Gasteiger partial charge in [-0.2, -0.15) is 0 Å². The molecule has 1 rings (SSSR count). The Morgan fingerprint density at radius 1 is 1.50 bits per heavy atom. The maximum Gasteiger partial charge on any atom is 0.234 e. The average Bonchev–Trinajstić information content (AvgIpc) is 2.60. The second-order valence-electron chi connectivity index (χ2n) is 4.13. The Balaban J connectivity index is 2.35. The van der Waals surface area contributed by atoms with Crippen molar-refractivity contribution in [3.63, 3.8) is 0 Å². The maximum absolute atomic E-state index is 11.4. The summed E-state index contributed by atoms with van der Waals surface area (Å²) in [6.07, 6.45) is 1.85. The Morgan fingerprint density at radius 3 is 2.69 bits per heavy atom. The molecule has 0 spiro atoms. The molecule has 0 bridgehead atoms. The molecule has 0 aliphatic carbocycles. The number of carbonyl (C=O) groups excluding carboxylic acids is 1. The van der Waals surface area contributed by atoms with Gasteiger partial charge in [-0.1, -0.05) is 0 Å². The van der Waals surface area contributed by atoms with E-state index in [4.69, 9.17) is 0 Å². The highest BCUT2D eigenvalue weighted by atomic mass is 32.1. The molecule has 1 aromatic heterocycles. The Labute approximate surface area is 100 Å². The van der Waals surface area contributed by atoms with Gasteiger partial charge >= 0.3 is 0 Å². The van der Waals surface area contributed by atoms with Crippen LogP contribution >= 0.6 is 11.3 Å². The fourth-order valence-corrected chi connectivity index (χ4v) is 2.08. The first kappa shape index (κ1) is 13.1. The molecule has 0 aliphatic rings. The van der Waals surface area contributed by atoms with Gasteiger partial charge in [0.15, 0.2) is 0 Å². The van der Waals surface area contributed by atoms with E-state index in [9.17, 15) is 4.79 Å². The second kappa shape index (κ2) is 5.96. The Hall–Kier alpha value is -0.940. The van der Waals surface area contributed by atoms with Crippen molar-refractivity contribution in [2.45, 2.75) is 39.8 Å². The zero-order chi connectivity index (χ0) is 12.1. The highest BCUT2D eigenvalue weighted by molar-refractivity contribution is 7.11. The summed E-state index contributed by atoms with van der Waals surface area (Å²) in [6, 6.07) is 0.309. The topological polar surface area (TPSA) is 54.0 Å². The van der Waals surface area contributed by atoms with Gasteiger partial charge in [0.25, 0.3) is 0 Å². The molecule has 90 valence electrons. The van der Waals surface area contributed by atoms with Gasteiger partial charge in [-0.15, -0.1) is 11.3 Å². The van der Waals surface area contributed by atoms with Crippen LogP contribution in [0.2, 0.25) is 0 Å². The molecule has 16 heavy (non-hydrogen) atoms. The zero-order valence-corrected chi connectivity index (χ0v) is 11.0. The van der Waals surface area contributed by atoms with Gasteiger partial charge in [-0.25, -0.2) is 4.98 Å². The summed E-state index contributed by atoms with van der Waals surface area (Å²) in [7, 11) is 0. The molecular formula is C11H19N3OS. The number of carbonyl (C=O) groups is 1. The van der Waals surface area contributed by atoms with Crippen molar-refractivity contribution in [2.75, 3.05) is 6.54 Å². The Kier molecular flexibility index (Phi) is 4.89. The van der Waals surface area contributed by atoms with Gasteiger partial charge < -0.3 is 5.32 Å². The summed E-state index contributed by atoms with van der Waals surface area (Å²) in [5, 5.41) is 7.01. The molecule has 2 N–H and O–H groups in total. The van der Waals surface area contributed by atoms with E-state index in [0.29, 0.717) is 6.54 Å². The molecule has 0 aliphatic heterocycles. The number of amides is 1. The average molecular weight is 241 g/mol. The van der Waals surface area contributed by atoms with Crippen LogP contribution in [0.5, 0.6) is 0 Å². The molecule has 1 aromatic rings. The fourth-order valence-electron chi connectivity index (χ4n) is 1.28. The molecule has 1 unspecified atom stereocenters. The van der Waals surface area contributed by atoms with Crippen molar-refractivity contribution in [3.05, 3.63) is 16.1 Å². The van der Waals surface area contributed by atoms with E-state index < -0.39 is 0 Å². The predicted molar refractivity (Wildman–Crippen MR) is 66.5 cm³/mol. The lowest BCUT2D eigenvalue weighted by atomic mass is 10.3. The first-order chi connectivity index (χ1) is 7.49. The molecule has 0 fully saturated rings. The van der Waals surface area contributed by atoms with Crippen molar-refractivity contribution >= 4 is 17.2 Å². The molecule has 1 heterocycles. The summed E-state index contributed by atoms with van der Waals surface area (Å²) >= 11 is 1.66. The molecule has 1 atom stereocenters. The van der Waals surface area contributed by atoms with E-state index in [2.05, 4.69) is 15.6 Å². The van der Waals surface area contributed by atoms with E-state index in [-0.39, 0.29) is 18.0 Å². The van der Waals surface area contributed by atoms with Gasteiger partial charge in [-0.05, 0) is 27.7 Å². The molecule has 4 nitrogen and oxygen atoms in total. The standard InChI is InChI=1S/C11H19N3OS/c1-7(2)14-10(15)6-12-9(4)11-13-5-8(3)16-11/h5,7,9,12H,6H2,1-4H3,(H,14,15). The lowest BCUT2D eigenvalue weighted by molar-refractivity contribution is -0.120. The molecule has 0 aromatic carbocycles. The quantitative estimate of drug-likeness (QED) is 0.824. The van der Waals surface area contributed by atoms with Crippen LogP contribution in [-0.4, -0.2) is 23.5 Å². The number of hydrogen-bond acceptors (Lipinski definition) is 4. The van der Waals surface area contributed by atoms with Crippen molar-refractivity contribution in [1.29, 1.82) is 0 Å². The summed E-state index contributed by atoms with van der Waals surface area (Å²) < 4.78 is 0. The minimum absolute atomic E-state index is 0.0233. The third kappa shape index (κ3) is 4.28. The second-order valence-corrected chi connectivity index (χ2v) is 5.40. The third-order valence-electron chi connectivity index (χ3n) is 2.03. The number of nitrogens with one attached hydrogen (secondary N) is 2. The van der Waals surface area contributed by atoms with Crippen LogP contribution in [0, 0.1) is 6.92 Å². The number of aryl methyl sites for hydroxylation is 1. The number of hydrogen-bond donors (Lipinski definition) is 2. The van der Waals surface area contributed by atoms with Crippen LogP contribution in [0.25, 0.3) is 0 Å². The Bertz CT molecular complexity index is 349. The van der Waals surface area contributed by atoms with E-state index >= 15 is 0 Å². The SMILES string of the molecule is Cc1cnc(C(C)NCC(=O)NC(C)C)s1. The summed E-state index contributed by atoms with van der Waals surface area (Å²) in [5.41, 5.74) is 0. The molecule has 5 heteroatoms. The first-order valence-electron chi connectivity index (χ1n) is 5.44. The van der Waals surface area contributed by atoms with E-state index in [1.807, 2.05) is 33.9 Å². The van der Waals surface area contributed by atoms with Crippen LogP contribution in [0.15, 0.2) is 6.20 Å². The van der Waals surface area contributed by atoms with E-state index in [1.165, 1.54) is 4.88 Å². The Morgan fingerprint density at radius 2 is 2.19 bits per heavy atom. The fraction of sp³-hybridized carbons (Fsp3) is 0.636. The predicted octanol–water partition coefficient (Wildman–Crippen LogP) is 1.63. The largest absolute Gasteiger partial charge is 0.353 e. The highest BCUT2D eigenvalue weighted by Crippen LogP contribution is 2.18. The summed E-state index contributed by atoms with van der Waals surface area (Å²) in [5.74, 6) is 0.0233. The van der Waals surface area contributed by atoms with Crippen molar-refractivity contribution in [2.24, 2.45) is 0 Å². The molecule has 0 saturated heterocycles. The van der Waals surface area contributed by atoms with Crippen LogP contribution in [-0.2, 0) is 4.79 Å². The summed E-state index contributed by atoms with van der Waals surface area (Å²) in [4.78, 5) is 16.9. The van der Waals surface area contributed by atoms with Gasteiger partial charge in [0.2, 0.25) is 5.91 Å². The highest BCUT2D eigenvalue weighted by Gasteiger charge is 2.10. The van der Waals surface area contributed by atoms with Gasteiger partial charge in [0, 0.05) is 17.1 Å². The van der Waals surface area contributed by atoms with Crippen molar-refractivity contribution in [1.82, 2.24) is 15.6 Å². The minimum atomic E-state index is 0.0233. The van der Waals surface area contributed by atoms with Crippen molar-refractivity contribution < 1.29 is 4.79 Å². The minimum Gasteiger partial charge on any atom is -0.353 e. The number of thiazole rings is 1. The normalized spacial score (nSPS) is 12.8. The number of rotatable bonds is 5. The lowest BCUT2D eigenvalue weighted by Gasteiger charge is -2.12. The molecular weight excluding hydrogens is 222 g/mol. The van der Waals surface area contributed by atoms with Crippen LogP contribution in [0.4, 0.5) is 0 Å². The smallest absolute Gasteiger partial charge is 0.234 e. The monoisotopic (exact) mass is 241 g/mol. The maximum atomic E-state index is 11.4. The van der Waals surface area contributed by atoms with Crippen LogP contribution in [0.1, 0.15) is 36.7 Å². The molecule has 0 radical (unpaired) electrons. The summed E-state index contributed by atoms with van der Waals surface area (Å²) in [6.45, 7) is 8.27. The number of aromatic nitrogens is 1. The van der Waals surface area contributed by atoms with Gasteiger partial charge in [0.05, 0.1) is 12.6 Å². The zero-order valence-electron chi connectivity index (χ0n) is 10.2. The number of nitrogens with zero attached hydrogens (tertiary/aromatic N) is 1. The van der Waals surface area contributed by atoms with Crippen LogP contribution in [0.3, 0.4) is 0 Å².